The Morgan fingerprint density at radius 1 is 1.39 bits per heavy atom. The van der Waals surface area contributed by atoms with Gasteiger partial charge in [0.05, 0.1) is 17.8 Å². The van der Waals surface area contributed by atoms with Crippen LogP contribution in [0.25, 0.3) is 0 Å². The molecule has 0 aliphatic heterocycles. The molecule has 0 aliphatic carbocycles. The van der Waals surface area contributed by atoms with Gasteiger partial charge in [0.1, 0.15) is 0 Å². The Kier molecular flexibility index (Phi) is 4.73. The van der Waals surface area contributed by atoms with Crippen LogP contribution in [0.1, 0.15) is 24.5 Å². The van der Waals surface area contributed by atoms with Crippen LogP contribution in [0.4, 0.5) is 0 Å². The Morgan fingerprint density at radius 2 is 2.28 bits per heavy atom. The number of halogens is 1. The van der Waals surface area contributed by atoms with Crippen LogP contribution in [-0.2, 0) is 13.1 Å². The average molecular weight is 265 g/mol. The smallest absolute Gasteiger partial charge is 0.0675 e. The molecule has 0 fully saturated rings. The van der Waals surface area contributed by atoms with Crippen LogP contribution >= 0.6 is 11.6 Å². The zero-order valence-electron chi connectivity index (χ0n) is 10.4. The van der Waals surface area contributed by atoms with E-state index in [0.29, 0.717) is 11.6 Å². The summed E-state index contributed by atoms with van der Waals surface area (Å²) in [6, 6.07) is 1.92. The molecular weight excluding hydrogens is 248 g/mol. The molecule has 2 aromatic heterocycles. The van der Waals surface area contributed by atoms with Gasteiger partial charge in [0, 0.05) is 30.7 Å². The Bertz CT molecular complexity index is 495. The second-order valence-electron chi connectivity index (χ2n) is 4.19. The number of hydrogen-bond acceptors (Lipinski definition) is 3. The molecule has 4 nitrogen and oxygen atoms in total. The summed E-state index contributed by atoms with van der Waals surface area (Å²) in [5.41, 5.74) is 2.22. The fraction of sp³-hybridized carbons (Fsp3) is 0.385. The first-order chi connectivity index (χ1) is 8.79. The van der Waals surface area contributed by atoms with E-state index >= 15 is 0 Å². The minimum atomic E-state index is 0.676. The van der Waals surface area contributed by atoms with Crippen LogP contribution in [0.15, 0.2) is 30.9 Å². The molecule has 0 bridgehead atoms. The van der Waals surface area contributed by atoms with E-state index < -0.39 is 0 Å². The quantitative estimate of drug-likeness (QED) is 0.815. The van der Waals surface area contributed by atoms with Crippen molar-refractivity contribution in [2.75, 3.05) is 6.54 Å². The van der Waals surface area contributed by atoms with E-state index in [9.17, 15) is 0 Å². The van der Waals surface area contributed by atoms with Gasteiger partial charge in [-0.1, -0.05) is 18.5 Å². The Labute approximate surface area is 112 Å². The highest BCUT2D eigenvalue weighted by Gasteiger charge is 2.03. The van der Waals surface area contributed by atoms with Gasteiger partial charge in [-0.05, 0) is 24.6 Å². The van der Waals surface area contributed by atoms with Crippen molar-refractivity contribution in [3.8, 4) is 0 Å². The van der Waals surface area contributed by atoms with E-state index in [4.69, 9.17) is 11.6 Å². The molecule has 0 spiro atoms. The first kappa shape index (κ1) is 13.1. The van der Waals surface area contributed by atoms with Gasteiger partial charge in [0.25, 0.3) is 0 Å². The molecule has 2 rings (SSSR count). The van der Waals surface area contributed by atoms with Gasteiger partial charge in [-0.2, -0.15) is 5.10 Å². The Hall–Kier alpha value is -1.39. The largest absolute Gasteiger partial charge is 0.313 e. The molecule has 2 aromatic rings. The number of pyridine rings is 1. The Balaban J connectivity index is 1.96. The minimum Gasteiger partial charge on any atom is -0.313 e. The summed E-state index contributed by atoms with van der Waals surface area (Å²) in [4.78, 5) is 3.97. The summed E-state index contributed by atoms with van der Waals surface area (Å²) in [7, 11) is 0. The van der Waals surface area contributed by atoms with E-state index in [1.54, 1.807) is 12.4 Å². The molecule has 0 radical (unpaired) electrons. The van der Waals surface area contributed by atoms with E-state index in [1.165, 1.54) is 5.56 Å². The van der Waals surface area contributed by atoms with E-state index in [2.05, 4.69) is 22.3 Å². The normalized spacial score (nSPS) is 10.8. The lowest BCUT2D eigenvalue weighted by molar-refractivity contribution is 0.668. The number of hydrogen-bond donors (Lipinski definition) is 1. The molecule has 0 atom stereocenters. The van der Waals surface area contributed by atoms with Crippen LogP contribution in [0, 0.1) is 0 Å². The third-order valence-electron chi connectivity index (χ3n) is 2.63. The molecule has 18 heavy (non-hydrogen) atoms. The lowest BCUT2D eigenvalue weighted by Gasteiger charge is -2.03. The zero-order valence-corrected chi connectivity index (χ0v) is 11.2. The highest BCUT2D eigenvalue weighted by molar-refractivity contribution is 6.31. The van der Waals surface area contributed by atoms with Gasteiger partial charge in [-0.25, -0.2) is 0 Å². The third kappa shape index (κ3) is 3.55. The predicted octanol–water partition coefficient (Wildman–Crippen LogP) is 2.48. The molecule has 0 aliphatic rings. The average Bonchev–Trinajstić information content (AvgIpc) is 2.80. The summed E-state index contributed by atoms with van der Waals surface area (Å²) < 4.78 is 1.89. The van der Waals surface area contributed by atoms with Crippen LogP contribution in [0.2, 0.25) is 5.02 Å². The molecule has 2 heterocycles. The third-order valence-corrected chi connectivity index (χ3v) is 2.97. The monoisotopic (exact) mass is 264 g/mol. The van der Waals surface area contributed by atoms with Crippen LogP contribution in [-0.4, -0.2) is 21.3 Å². The van der Waals surface area contributed by atoms with Crippen molar-refractivity contribution in [3.63, 3.8) is 0 Å². The van der Waals surface area contributed by atoms with Crippen LogP contribution in [0.3, 0.4) is 0 Å². The maximum atomic E-state index is 6.07. The molecule has 1 N–H and O–H groups in total. The maximum Gasteiger partial charge on any atom is 0.0675 e. The highest BCUT2D eigenvalue weighted by Crippen LogP contribution is 2.14. The predicted molar refractivity (Wildman–Crippen MR) is 72.6 cm³/mol. The van der Waals surface area contributed by atoms with E-state index in [1.807, 2.05) is 23.1 Å². The molecule has 0 saturated heterocycles. The van der Waals surface area contributed by atoms with Crippen molar-refractivity contribution in [1.82, 2.24) is 20.1 Å². The van der Waals surface area contributed by atoms with Crippen molar-refractivity contribution >= 4 is 11.6 Å². The molecule has 0 saturated carbocycles. The highest BCUT2D eigenvalue weighted by atomic mass is 35.5. The molecular formula is C13H17ClN4. The number of aromatic nitrogens is 3. The van der Waals surface area contributed by atoms with Crippen molar-refractivity contribution in [2.45, 2.75) is 26.4 Å². The molecule has 0 amide bonds. The van der Waals surface area contributed by atoms with Gasteiger partial charge >= 0.3 is 0 Å². The van der Waals surface area contributed by atoms with Gasteiger partial charge in [-0.15, -0.1) is 0 Å². The second kappa shape index (κ2) is 6.52. The lowest BCUT2D eigenvalue weighted by Crippen LogP contribution is -2.13. The van der Waals surface area contributed by atoms with Gasteiger partial charge in [-0.3, -0.25) is 9.67 Å². The fourth-order valence-corrected chi connectivity index (χ4v) is 1.88. The van der Waals surface area contributed by atoms with E-state index in [-0.39, 0.29) is 0 Å². The van der Waals surface area contributed by atoms with Crippen molar-refractivity contribution in [3.05, 3.63) is 47.0 Å². The molecule has 5 heteroatoms. The van der Waals surface area contributed by atoms with Crippen molar-refractivity contribution in [2.24, 2.45) is 0 Å². The summed E-state index contributed by atoms with van der Waals surface area (Å²) >= 11 is 6.07. The number of nitrogens with one attached hydrogen (secondary N) is 1. The maximum absolute atomic E-state index is 6.07. The van der Waals surface area contributed by atoms with Crippen molar-refractivity contribution in [1.29, 1.82) is 0 Å². The Morgan fingerprint density at radius 3 is 3.06 bits per heavy atom. The lowest BCUT2D eigenvalue weighted by atomic mass is 10.3. The molecule has 0 unspecified atom stereocenters. The summed E-state index contributed by atoms with van der Waals surface area (Å²) in [6.45, 7) is 4.72. The van der Waals surface area contributed by atoms with Gasteiger partial charge in [0.15, 0.2) is 0 Å². The summed E-state index contributed by atoms with van der Waals surface area (Å²) in [5, 5.41) is 8.36. The first-order valence-electron chi connectivity index (χ1n) is 6.10. The van der Waals surface area contributed by atoms with Crippen LogP contribution in [0.5, 0.6) is 0 Å². The number of nitrogens with zero attached hydrogens (tertiary/aromatic N) is 3. The second-order valence-corrected chi connectivity index (χ2v) is 4.60. The standard InChI is InChI=1S/C13H17ClN4/c1-2-4-15-6-11-7-17-18(9-11)10-12-3-5-16-8-13(12)14/h3,5,7-9,15H,2,4,6,10H2,1H3. The zero-order chi connectivity index (χ0) is 12.8. The summed E-state index contributed by atoms with van der Waals surface area (Å²) in [6.07, 6.45) is 8.47. The topological polar surface area (TPSA) is 42.7 Å². The molecule has 0 aromatic carbocycles. The van der Waals surface area contributed by atoms with E-state index in [0.717, 1.165) is 25.1 Å². The molecule has 96 valence electrons. The SMILES string of the molecule is CCCNCc1cnn(Cc2ccncc2Cl)c1. The minimum absolute atomic E-state index is 0.676. The van der Waals surface area contributed by atoms with Crippen molar-refractivity contribution < 1.29 is 0 Å². The summed E-state index contributed by atoms with van der Waals surface area (Å²) in [5.74, 6) is 0. The number of rotatable bonds is 6. The first-order valence-corrected chi connectivity index (χ1v) is 6.48. The fourth-order valence-electron chi connectivity index (χ4n) is 1.70. The van der Waals surface area contributed by atoms with Gasteiger partial charge in [0.2, 0.25) is 0 Å². The van der Waals surface area contributed by atoms with Gasteiger partial charge < -0.3 is 5.32 Å². The van der Waals surface area contributed by atoms with Crippen LogP contribution < -0.4 is 5.32 Å².